The molecule has 0 bridgehead atoms. The molecule has 0 aromatic carbocycles. The second-order valence-electron chi connectivity index (χ2n) is 6.01. The standard InChI is InChI=1S/C17H33NO3/c1-5-7-9-10-16(19)18(14-15(3)4)12-11-17(20)21-13-8-6-2/h15H,5-14H2,1-4H3. The lowest BCUT2D eigenvalue weighted by molar-refractivity contribution is -0.144. The highest BCUT2D eigenvalue weighted by Crippen LogP contribution is 2.07. The van der Waals surface area contributed by atoms with Crippen molar-refractivity contribution >= 4 is 11.9 Å². The summed E-state index contributed by atoms with van der Waals surface area (Å²) in [6.07, 6.45) is 5.94. The fraction of sp³-hybridized carbons (Fsp3) is 0.882. The lowest BCUT2D eigenvalue weighted by atomic mass is 10.1. The minimum Gasteiger partial charge on any atom is -0.466 e. The van der Waals surface area contributed by atoms with Gasteiger partial charge in [-0.05, 0) is 18.8 Å². The Morgan fingerprint density at radius 2 is 1.67 bits per heavy atom. The van der Waals surface area contributed by atoms with Crippen molar-refractivity contribution in [3.8, 4) is 0 Å². The van der Waals surface area contributed by atoms with Crippen molar-refractivity contribution in [1.29, 1.82) is 0 Å². The van der Waals surface area contributed by atoms with Gasteiger partial charge in [-0.1, -0.05) is 47.0 Å². The highest BCUT2D eigenvalue weighted by atomic mass is 16.5. The Hall–Kier alpha value is -1.06. The van der Waals surface area contributed by atoms with E-state index < -0.39 is 0 Å². The summed E-state index contributed by atoms with van der Waals surface area (Å²) >= 11 is 0. The highest BCUT2D eigenvalue weighted by Gasteiger charge is 2.16. The molecule has 0 aliphatic heterocycles. The van der Waals surface area contributed by atoms with Crippen molar-refractivity contribution in [2.75, 3.05) is 19.7 Å². The first-order chi connectivity index (χ1) is 10.0. The van der Waals surface area contributed by atoms with Gasteiger partial charge in [-0.15, -0.1) is 0 Å². The van der Waals surface area contributed by atoms with E-state index in [9.17, 15) is 9.59 Å². The first kappa shape index (κ1) is 19.9. The van der Waals surface area contributed by atoms with Crippen molar-refractivity contribution in [3.05, 3.63) is 0 Å². The number of unbranched alkanes of at least 4 members (excludes halogenated alkanes) is 3. The maximum atomic E-state index is 12.2. The molecule has 0 saturated heterocycles. The second kappa shape index (κ2) is 12.7. The van der Waals surface area contributed by atoms with Gasteiger partial charge in [0, 0.05) is 19.5 Å². The highest BCUT2D eigenvalue weighted by molar-refractivity contribution is 5.77. The summed E-state index contributed by atoms with van der Waals surface area (Å²) in [6.45, 7) is 10.1. The van der Waals surface area contributed by atoms with Crippen LogP contribution in [0.2, 0.25) is 0 Å². The minimum absolute atomic E-state index is 0.165. The van der Waals surface area contributed by atoms with Crippen LogP contribution in [0.5, 0.6) is 0 Å². The molecular weight excluding hydrogens is 266 g/mol. The topological polar surface area (TPSA) is 46.6 Å². The predicted octanol–water partition coefficient (Wildman–Crippen LogP) is 3.78. The van der Waals surface area contributed by atoms with E-state index in [-0.39, 0.29) is 11.9 Å². The zero-order chi connectivity index (χ0) is 16.1. The predicted molar refractivity (Wildman–Crippen MR) is 86.0 cm³/mol. The molecule has 0 atom stereocenters. The van der Waals surface area contributed by atoms with Crippen LogP contribution in [0.1, 0.15) is 72.6 Å². The van der Waals surface area contributed by atoms with E-state index in [2.05, 4.69) is 27.7 Å². The molecule has 4 heteroatoms. The largest absolute Gasteiger partial charge is 0.466 e. The van der Waals surface area contributed by atoms with E-state index >= 15 is 0 Å². The van der Waals surface area contributed by atoms with Gasteiger partial charge < -0.3 is 9.64 Å². The maximum absolute atomic E-state index is 12.2. The molecule has 0 spiro atoms. The third-order valence-corrected chi connectivity index (χ3v) is 3.28. The van der Waals surface area contributed by atoms with Crippen molar-refractivity contribution in [3.63, 3.8) is 0 Å². The lowest BCUT2D eigenvalue weighted by Gasteiger charge is -2.24. The van der Waals surface area contributed by atoms with Crippen LogP contribution in [-0.4, -0.2) is 36.5 Å². The number of hydrogen-bond acceptors (Lipinski definition) is 3. The molecule has 0 radical (unpaired) electrons. The van der Waals surface area contributed by atoms with Gasteiger partial charge in [0.2, 0.25) is 5.91 Å². The average Bonchev–Trinajstić information content (AvgIpc) is 2.43. The van der Waals surface area contributed by atoms with Gasteiger partial charge >= 0.3 is 5.97 Å². The molecule has 0 rings (SSSR count). The molecule has 0 saturated carbocycles. The molecule has 0 heterocycles. The molecule has 0 aliphatic rings. The number of nitrogens with zero attached hydrogens (tertiary/aromatic N) is 1. The molecule has 124 valence electrons. The van der Waals surface area contributed by atoms with Crippen LogP contribution in [0.3, 0.4) is 0 Å². The van der Waals surface area contributed by atoms with Gasteiger partial charge in [-0.25, -0.2) is 0 Å². The van der Waals surface area contributed by atoms with Crippen molar-refractivity contribution in [1.82, 2.24) is 4.90 Å². The monoisotopic (exact) mass is 299 g/mol. The molecule has 0 aromatic rings. The second-order valence-corrected chi connectivity index (χ2v) is 6.01. The molecule has 0 aromatic heterocycles. The zero-order valence-electron chi connectivity index (χ0n) is 14.3. The van der Waals surface area contributed by atoms with E-state index in [1.165, 1.54) is 0 Å². The van der Waals surface area contributed by atoms with Crippen LogP contribution in [0.25, 0.3) is 0 Å². The molecule has 1 amide bonds. The van der Waals surface area contributed by atoms with Crippen molar-refractivity contribution in [2.24, 2.45) is 5.92 Å². The number of amides is 1. The summed E-state index contributed by atoms with van der Waals surface area (Å²) in [5.41, 5.74) is 0. The summed E-state index contributed by atoms with van der Waals surface area (Å²) in [4.78, 5) is 25.7. The number of hydrogen-bond donors (Lipinski definition) is 0. The normalized spacial score (nSPS) is 10.7. The number of carbonyl (C=O) groups is 2. The summed E-state index contributed by atoms with van der Waals surface area (Å²) in [7, 11) is 0. The molecule has 0 fully saturated rings. The quantitative estimate of drug-likeness (QED) is 0.407. The molecule has 21 heavy (non-hydrogen) atoms. The van der Waals surface area contributed by atoms with Crippen LogP contribution < -0.4 is 0 Å². The SMILES string of the molecule is CCCCCC(=O)N(CCC(=O)OCCCC)CC(C)C. The Bertz CT molecular complexity index is 290. The fourth-order valence-electron chi connectivity index (χ4n) is 2.07. The van der Waals surface area contributed by atoms with Crippen molar-refractivity contribution < 1.29 is 14.3 Å². The maximum Gasteiger partial charge on any atom is 0.307 e. The molecular formula is C17H33NO3. The summed E-state index contributed by atoms with van der Waals surface area (Å²) in [5, 5.41) is 0. The number of esters is 1. The van der Waals surface area contributed by atoms with E-state index in [1.807, 2.05) is 4.90 Å². The van der Waals surface area contributed by atoms with Gasteiger partial charge in [0.25, 0.3) is 0 Å². The first-order valence-corrected chi connectivity index (χ1v) is 8.44. The van der Waals surface area contributed by atoms with Gasteiger partial charge in [0.05, 0.1) is 13.0 Å². The summed E-state index contributed by atoms with van der Waals surface area (Å²) < 4.78 is 5.14. The zero-order valence-corrected chi connectivity index (χ0v) is 14.3. The van der Waals surface area contributed by atoms with Gasteiger partial charge in [0.15, 0.2) is 0 Å². The number of carbonyl (C=O) groups excluding carboxylic acids is 2. The first-order valence-electron chi connectivity index (χ1n) is 8.44. The Balaban J connectivity index is 4.16. The molecule has 0 N–H and O–H groups in total. The lowest BCUT2D eigenvalue weighted by Crippen LogP contribution is -2.36. The number of rotatable bonds is 12. The van der Waals surface area contributed by atoms with Crippen LogP contribution in [-0.2, 0) is 14.3 Å². The Kier molecular flexibility index (Phi) is 12.0. The van der Waals surface area contributed by atoms with Crippen LogP contribution in [0.15, 0.2) is 0 Å². The van der Waals surface area contributed by atoms with E-state index in [0.29, 0.717) is 38.5 Å². The van der Waals surface area contributed by atoms with E-state index in [0.717, 1.165) is 32.1 Å². The minimum atomic E-state index is -0.196. The average molecular weight is 299 g/mol. The Morgan fingerprint density at radius 1 is 1.00 bits per heavy atom. The molecule has 0 aliphatic carbocycles. The van der Waals surface area contributed by atoms with Crippen LogP contribution in [0.4, 0.5) is 0 Å². The smallest absolute Gasteiger partial charge is 0.307 e. The fourth-order valence-corrected chi connectivity index (χ4v) is 2.07. The van der Waals surface area contributed by atoms with E-state index in [4.69, 9.17) is 4.74 Å². The van der Waals surface area contributed by atoms with Gasteiger partial charge in [0.1, 0.15) is 0 Å². The third kappa shape index (κ3) is 11.3. The summed E-state index contributed by atoms with van der Waals surface area (Å²) in [5.74, 6) is 0.383. The third-order valence-electron chi connectivity index (χ3n) is 3.28. The Labute approximate surface area is 130 Å². The van der Waals surface area contributed by atoms with Crippen LogP contribution in [0, 0.1) is 5.92 Å². The Morgan fingerprint density at radius 3 is 2.24 bits per heavy atom. The molecule has 0 unspecified atom stereocenters. The van der Waals surface area contributed by atoms with Crippen LogP contribution >= 0.6 is 0 Å². The van der Waals surface area contributed by atoms with Gasteiger partial charge in [-0.3, -0.25) is 9.59 Å². The molecule has 4 nitrogen and oxygen atoms in total. The number of ether oxygens (including phenoxy) is 1. The van der Waals surface area contributed by atoms with Gasteiger partial charge in [-0.2, -0.15) is 0 Å². The van der Waals surface area contributed by atoms with E-state index in [1.54, 1.807) is 0 Å². The summed E-state index contributed by atoms with van der Waals surface area (Å²) in [6, 6.07) is 0. The van der Waals surface area contributed by atoms with Crippen molar-refractivity contribution in [2.45, 2.75) is 72.6 Å².